The Hall–Kier alpha value is -1.81. The van der Waals surface area contributed by atoms with Crippen LogP contribution >= 0.6 is 0 Å². The van der Waals surface area contributed by atoms with Crippen LogP contribution < -0.4 is 4.90 Å². The number of hydrogen-bond donors (Lipinski definition) is 2. The number of nitrogens with zero attached hydrogens (tertiary/aromatic N) is 1. The van der Waals surface area contributed by atoms with E-state index in [4.69, 9.17) is 0 Å². The van der Waals surface area contributed by atoms with Gasteiger partial charge in [0.1, 0.15) is 0 Å². The molecule has 2 aromatic rings. The number of hydrogen-bond acceptors (Lipinski definition) is 1. The van der Waals surface area contributed by atoms with Crippen LogP contribution in [0.3, 0.4) is 0 Å². The number of aromatic nitrogens is 1. The lowest BCUT2D eigenvalue weighted by Crippen LogP contribution is -3.15. The van der Waals surface area contributed by atoms with E-state index in [0.717, 1.165) is 32.6 Å². The van der Waals surface area contributed by atoms with E-state index in [2.05, 4.69) is 48.9 Å². The molecule has 0 bridgehead atoms. The first-order chi connectivity index (χ1) is 11.9. The van der Waals surface area contributed by atoms with Crippen molar-refractivity contribution in [3.05, 3.63) is 35.0 Å². The normalized spacial score (nSPS) is 22.8. The average molecular weight is 340 g/mol. The quantitative estimate of drug-likeness (QED) is 0.863. The molecule has 1 atom stereocenters. The maximum absolute atomic E-state index is 12.9. The number of H-pyrrole nitrogens is 1. The number of fused-ring (bicyclic) bond motifs is 3. The standard InChI is InChI=1S/C21H29N3O/c1-15-5-6-18-16(11-15)17-12-24(10-7-19(17)22-18)20(25)13-23-9-4-8-21(2,3)14-23/h5-6,11,22H,4,7-10,12-14H2,1-3H3/p+1. The van der Waals surface area contributed by atoms with Gasteiger partial charge in [-0.05, 0) is 31.9 Å². The summed E-state index contributed by atoms with van der Waals surface area (Å²) in [5.74, 6) is 0.320. The predicted octanol–water partition coefficient (Wildman–Crippen LogP) is 2.07. The van der Waals surface area contributed by atoms with Crippen LogP contribution in [-0.4, -0.2) is 42.0 Å². The molecule has 3 heterocycles. The molecule has 4 nitrogen and oxygen atoms in total. The summed E-state index contributed by atoms with van der Waals surface area (Å²) < 4.78 is 0. The minimum Gasteiger partial charge on any atom is -0.358 e. The van der Waals surface area contributed by atoms with Gasteiger partial charge in [-0.1, -0.05) is 25.5 Å². The fourth-order valence-corrected chi connectivity index (χ4v) is 4.69. The third-order valence-electron chi connectivity index (χ3n) is 6.00. The van der Waals surface area contributed by atoms with Crippen molar-refractivity contribution >= 4 is 16.8 Å². The minimum absolute atomic E-state index is 0.320. The molecule has 2 N–H and O–H groups in total. The highest BCUT2D eigenvalue weighted by Crippen LogP contribution is 2.28. The number of quaternary nitrogens is 1. The fourth-order valence-electron chi connectivity index (χ4n) is 4.69. The highest BCUT2D eigenvalue weighted by molar-refractivity contribution is 5.86. The van der Waals surface area contributed by atoms with E-state index in [0.29, 0.717) is 17.9 Å². The molecule has 0 aliphatic carbocycles. The number of piperidine rings is 1. The lowest BCUT2D eigenvalue weighted by Gasteiger charge is -2.36. The molecule has 1 fully saturated rings. The fraction of sp³-hybridized carbons (Fsp3) is 0.571. The van der Waals surface area contributed by atoms with Gasteiger partial charge in [-0.15, -0.1) is 0 Å². The lowest BCUT2D eigenvalue weighted by atomic mass is 9.84. The van der Waals surface area contributed by atoms with Crippen LogP contribution in [0.5, 0.6) is 0 Å². The van der Waals surface area contributed by atoms with E-state index in [1.165, 1.54) is 45.5 Å². The number of likely N-dealkylation sites (tertiary alicyclic amines) is 1. The highest BCUT2D eigenvalue weighted by Gasteiger charge is 2.32. The third kappa shape index (κ3) is 3.32. The molecule has 1 unspecified atom stereocenters. The van der Waals surface area contributed by atoms with E-state index in [1.54, 1.807) is 0 Å². The van der Waals surface area contributed by atoms with E-state index < -0.39 is 0 Å². The molecule has 25 heavy (non-hydrogen) atoms. The molecule has 0 radical (unpaired) electrons. The van der Waals surface area contributed by atoms with Gasteiger partial charge in [0.2, 0.25) is 0 Å². The second-order valence-corrected chi connectivity index (χ2v) is 8.82. The first-order valence-corrected chi connectivity index (χ1v) is 9.63. The van der Waals surface area contributed by atoms with Crippen LogP contribution in [0.4, 0.5) is 0 Å². The number of amides is 1. The molecule has 2 aliphatic rings. The van der Waals surface area contributed by atoms with Crippen molar-refractivity contribution in [2.45, 2.75) is 46.6 Å². The number of carbonyl (C=O) groups excluding carboxylic acids is 1. The number of aromatic amines is 1. The minimum atomic E-state index is 0.320. The number of benzene rings is 1. The van der Waals surface area contributed by atoms with Crippen molar-refractivity contribution in [2.75, 3.05) is 26.2 Å². The van der Waals surface area contributed by atoms with Crippen molar-refractivity contribution < 1.29 is 9.69 Å². The van der Waals surface area contributed by atoms with Crippen LogP contribution in [-0.2, 0) is 17.8 Å². The second kappa shape index (κ2) is 6.17. The lowest BCUT2D eigenvalue weighted by molar-refractivity contribution is -0.904. The van der Waals surface area contributed by atoms with Gasteiger partial charge >= 0.3 is 0 Å². The van der Waals surface area contributed by atoms with Crippen LogP contribution in [0, 0.1) is 12.3 Å². The number of carbonyl (C=O) groups is 1. The zero-order valence-electron chi connectivity index (χ0n) is 15.7. The Labute approximate surface area is 150 Å². The van der Waals surface area contributed by atoms with Crippen LogP contribution in [0.2, 0.25) is 0 Å². The molecular weight excluding hydrogens is 310 g/mol. The van der Waals surface area contributed by atoms with Crippen molar-refractivity contribution in [3.8, 4) is 0 Å². The molecule has 2 aliphatic heterocycles. The predicted molar refractivity (Wildman–Crippen MR) is 101 cm³/mol. The first-order valence-electron chi connectivity index (χ1n) is 9.63. The highest BCUT2D eigenvalue weighted by atomic mass is 16.2. The molecule has 4 rings (SSSR count). The van der Waals surface area contributed by atoms with E-state index in [9.17, 15) is 4.79 Å². The van der Waals surface area contributed by atoms with Gasteiger partial charge in [-0.25, -0.2) is 0 Å². The van der Waals surface area contributed by atoms with Crippen molar-refractivity contribution in [1.82, 2.24) is 9.88 Å². The Balaban J connectivity index is 1.49. The summed E-state index contributed by atoms with van der Waals surface area (Å²) in [7, 11) is 0. The summed E-state index contributed by atoms with van der Waals surface area (Å²) in [5.41, 5.74) is 5.49. The Morgan fingerprint density at radius 3 is 3.00 bits per heavy atom. The van der Waals surface area contributed by atoms with Crippen molar-refractivity contribution in [3.63, 3.8) is 0 Å². The summed E-state index contributed by atoms with van der Waals surface area (Å²) >= 11 is 0. The van der Waals surface area contributed by atoms with Gasteiger partial charge in [0.05, 0.1) is 13.1 Å². The SMILES string of the molecule is Cc1ccc2[nH]c3c(c2c1)CN(C(=O)C[NH+]1CCCC(C)(C)C1)CC3. The molecule has 0 spiro atoms. The Bertz CT molecular complexity index is 805. The zero-order chi connectivity index (χ0) is 17.6. The number of rotatable bonds is 2. The largest absolute Gasteiger partial charge is 0.358 e. The van der Waals surface area contributed by atoms with Gasteiger partial charge in [-0.2, -0.15) is 0 Å². The first kappa shape index (κ1) is 16.6. The zero-order valence-corrected chi connectivity index (χ0v) is 15.7. The molecule has 0 saturated carbocycles. The number of aryl methyl sites for hydroxylation is 1. The van der Waals surface area contributed by atoms with Gasteiger partial charge in [-0.3, -0.25) is 4.79 Å². The summed E-state index contributed by atoms with van der Waals surface area (Å²) in [4.78, 5) is 20.0. The van der Waals surface area contributed by atoms with Gasteiger partial charge in [0, 0.05) is 47.1 Å². The average Bonchev–Trinajstić information content (AvgIpc) is 2.91. The third-order valence-corrected chi connectivity index (χ3v) is 6.00. The summed E-state index contributed by atoms with van der Waals surface area (Å²) in [6.07, 6.45) is 3.46. The molecule has 1 aromatic heterocycles. The Morgan fingerprint density at radius 1 is 1.36 bits per heavy atom. The second-order valence-electron chi connectivity index (χ2n) is 8.82. The smallest absolute Gasteiger partial charge is 0.278 e. The maximum atomic E-state index is 12.9. The monoisotopic (exact) mass is 340 g/mol. The van der Waals surface area contributed by atoms with Gasteiger partial charge in [0.15, 0.2) is 6.54 Å². The maximum Gasteiger partial charge on any atom is 0.278 e. The molecule has 4 heteroatoms. The Kier molecular flexibility index (Phi) is 4.11. The van der Waals surface area contributed by atoms with Crippen LogP contribution in [0.15, 0.2) is 18.2 Å². The topological polar surface area (TPSA) is 40.5 Å². The Morgan fingerprint density at radius 2 is 2.20 bits per heavy atom. The van der Waals surface area contributed by atoms with E-state index in [-0.39, 0.29) is 0 Å². The number of nitrogens with one attached hydrogen (secondary N) is 2. The van der Waals surface area contributed by atoms with E-state index in [1.807, 2.05) is 0 Å². The molecule has 134 valence electrons. The van der Waals surface area contributed by atoms with Crippen molar-refractivity contribution in [2.24, 2.45) is 5.41 Å². The van der Waals surface area contributed by atoms with Gasteiger partial charge in [0.25, 0.3) is 5.91 Å². The molecule has 1 saturated heterocycles. The summed E-state index contributed by atoms with van der Waals surface area (Å²) in [6.45, 7) is 11.3. The molecular formula is C21H30N3O+. The van der Waals surface area contributed by atoms with E-state index >= 15 is 0 Å². The molecule has 1 amide bonds. The van der Waals surface area contributed by atoms with Crippen LogP contribution in [0.25, 0.3) is 10.9 Å². The van der Waals surface area contributed by atoms with Crippen LogP contribution in [0.1, 0.15) is 43.5 Å². The van der Waals surface area contributed by atoms with Gasteiger partial charge < -0.3 is 14.8 Å². The van der Waals surface area contributed by atoms with Crippen molar-refractivity contribution in [1.29, 1.82) is 0 Å². The summed E-state index contributed by atoms with van der Waals surface area (Å²) in [6, 6.07) is 6.56. The molecule has 1 aromatic carbocycles. The summed E-state index contributed by atoms with van der Waals surface area (Å²) in [5, 5.41) is 1.29.